The number of hydrogen-bond donors (Lipinski definition) is 1. The molecule has 0 aliphatic carbocycles. The minimum atomic E-state index is -3.49. The largest absolute Gasteiger partial charge is 0.398 e. The van der Waals surface area contributed by atoms with Crippen LogP contribution >= 0.6 is 0 Å². The van der Waals surface area contributed by atoms with Crippen molar-refractivity contribution in [1.82, 2.24) is 9.21 Å². The zero-order valence-corrected chi connectivity index (χ0v) is 13.2. The second-order valence-corrected chi connectivity index (χ2v) is 7.35. The summed E-state index contributed by atoms with van der Waals surface area (Å²) in [6.07, 6.45) is 0.936. The zero-order chi connectivity index (χ0) is 14.9. The molecule has 2 N–H and O–H groups in total. The number of nitrogens with two attached hydrogens (primary N) is 1. The summed E-state index contributed by atoms with van der Waals surface area (Å²) < 4.78 is 27.0. The highest BCUT2D eigenvalue weighted by Gasteiger charge is 2.32. The summed E-state index contributed by atoms with van der Waals surface area (Å²) in [7, 11) is -1.45. The smallest absolute Gasteiger partial charge is 0.245 e. The van der Waals surface area contributed by atoms with Crippen molar-refractivity contribution in [2.75, 3.05) is 32.4 Å². The number of likely N-dealkylation sites (N-methyl/N-ethyl adjacent to an activating group) is 1. The number of anilines is 1. The van der Waals surface area contributed by atoms with Crippen LogP contribution in [0.3, 0.4) is 0 Å². The van der Waals surface area contributed by atoms with Gasteiger partial charge in [0, 0.05) is 25.7 Å². The average Bonchev–Trinajstić information content (AvgIpc) is 2.38. The number of benzene rings is 1. The van der Waals surface area contributed by atoms with E-state index < -0.39 is 10.0 Å². The summed E-state index contributed by atoms with van der Waals surface area (Å²) in [5.74, 6) is 0. The second-order valence-electron chi connectivity index (χ2n) is 5.45. The van der Waals surface area contributed by atoms with Gasteiger partial charge in [-0.3, -0.25) is 0 Å². The molecular formula is C14H23N3O2S. The fourth-order valence-corrected chi connectivity index (χ4v) is 4.18. The van der Waals surface area contributed by atoms with Gasteiger partial charge in [0.2, 0.25) is 10.0 Å². The lowest BCUT2D eigenvalue weighted by Crippen LogP contribution is -2.52. The molecule has 1 heterocycles. The Balaban J connectivity index is 2.31. The molecule has 1 saturated heterocycles. The molecule has 0 saturated carbocycles. The number of nitrogens with zero attached hydrogens (tertiary/aromatic N) is 2. The standard InChI is InChI=1S/C14H23N3O2S/c1-4-12-10-17(8-7-16(12)3)20(18,19)14-6-5-11(2)9-13(14)15/h5-6,9,12H,4,7-8,10,15H2,1-3H3. The Morgan fingerprint density at radius 2 is 2.05 bits per heavy atom. The minimum Gasteiger partial charge on any atom is -0.398 e. The SMILES string of the molecule is CCC1CN(S(=O)(=O)c2ccc(C)cc2N)CCN1C. The van der Waals surface area contributed by atoms with Gasteiger partial charge in [0.25, 0.3) is 0 Å². The van der Waals surface area contributed by atoms with Gasteiger partial charge in [-0.05, 0) is 38.1 Å². The third kappa shape index (κ3) is 2.82. The normalized spacial score (nSPS) is 22.1. The molecule has 0 bridgehead atoms. The van der Waals surface area contributed by atoms with E-state index in [2.05, 4.69) is 11.8 Å². The molecule has 0 spiro atoms. The molecule has 0 aromatic heterocycles. The molecule has 1 aliphatic rings. The fraction of sp³-hybridized carbons (Fsp3) is 0.571. The molecule has 1 aliphatic heterocycles. The first-order valence-corrected chi connectivity index (χ1v) is 8.36. The highest BCUT2D eigenvalue weighted by molar-refractivity contribution is 7.89. The highest BCUT2D eigenvalue weighted by Crippen LogP contribution is 2.25. The summed E-state index contributed by atoms with van der Waals surface area (Å²) in [5, 5.41) is 0. The van der Waals surface area contributed by atoms with Gasteiger partial charge in [-0.1, -0.05) is 13.0 Å². The van der Waals surface area contributed by atoms with Gasteiger partial charge in [-0.15, -0.1) is 0 Å². The molecule has 5 nitrogen and oxygen atoms in total. The lowest BCUT2D eigenvalue weighted by atomic mass is 10.1. The van der Waals surface area contributed by atoms with E-state index in [0.29, 0.717) is 18.8 Å². The quantitative estimate of drug-likeness (QED) is 0.854. The molecule has 6 heteroatoms. The third-order valence-corrected chi connectivity index (χ3v) is 5.93. The summed E-state index contributed by atoms with van der Waals surface area (Å²) in [5.41, 5.74) is 7.19. The van der Waals surface area contributed by atoms with E-state index in [-0.39, 0.29) is 10.9 Å². The van der Waals surface area contributed by atoms with Crippen LogP contribution in [0.4, 0.5) is 5.69 Å². The number of nitrogen functional groups attached to an aromatic ring is 1. The van der Waals surface area contributed by atoms with E-state index in [1.807, 2.05) is 14.0 Å². The van der Waals surface area contributed by atoms with Crippen LogP contribution < -0.4 is 5.73 Å². The van der Waals surface area contributed by atoms with Crippen molar-refractivity contribution in [2.24, 2.45) is 0 Å². The second kappa shape index (κ2) is 5.71. The lowest BCUT2D eigenvalue weighted by Gasteiger charge is -2.38. The highest BCUT2D eigenvalue weighted by atomic mass is 32.2. The minimum absolute atomic E-state index is 0.225. The molecule has 1 unspecified atom stereocenters. The number of piperazine rings is 1. The van der Waals surface area contributed by atoms with Crippen LogP contribution in [0.25, 0.3) is 0 Å². The van der Waals surface area contributed by atoms with Gasteiger partial charge in [-0.2, -0.15) is 4.31 Å². The average molecular weight is 297 g/mol. The van der Waals surface area contributed by atoms with Crippen molar-refractivity contribution < 1.29 is 8.42 Å². The molecule has 1 aromatic carbocycles. The van der Waals surface area contributed by atoms with E-state index in [4.69, 9.17) is 5.73 Å². The predicted octanol–water partition coefficient (Wildman–Crippen LogP) is 1.29. The maximum atomic E-state index is 12.7. The summed E-state index contributed by atoms with van der Waals surface area (Å²) in [4.78, 5) is 2.44. The molecule has 0 amide bonds. The van der Waals surface area contributed by atoms with Crippen molar-refractivity contribution in [2.45, 2.75) is 31.2 Å². The number of sulfonamides is 1. The molecule has 1 fully saturated rings. The molecule has 1 aromatic rings. The van der Waals surface area contributed by atoms with Crippen LogP contribution in [-0.2, 0) is 10.0 Å². The van der Waals surface area contributed by atoms with Crippen LogP contribution in [0.15, 0.2) is 23.1 Å². The van der Waals surface area contributed by atoms with Gasteiger partial charge in [0.05, 0.1) is 5.69 Å². The van der Waals surface area contributed by atoms with Crippen LogP contribution in [0.1, 0.15) is 18.9 Å². The first-order valence-electron chi connectivity index (χ1n) is 6.92. The molecule has 20 heavy (non-hydrogen) atoms. The van der Waals surface area contributed by atoms with Gasteiger partial charge in [0.15, 0.2) is 0 Å². The third-order valence-electron chi connectivity index (χ3n) is 3.99. The first kappa shape index (κ1) is 15.3. The van der Waals surface area contributed by atoms with E-state index in [1.165, 1.54) is 0 Å². The zero-order valence-electron chi connectivity index (χ0n) is 12.3. The number of rotatable bonds is 3. The maximum absolute atomic E-state index is 12.7. The van der Waals surface area contributed by atoms with Gasteiger partial charge in [0.1, 0.15) is 4.90 Å². The Labute approximate surface area is 121 Å². The maximum Gasteiger partial charge on any atom is 0.245 e. The molecule has 1 atom stereocenters. The van der Waals surface area contributed by atoms with Gasteiger partial charge >= 0.3 is 0 Å². The van der Waals surface area contributed by atoms with Crippen molar-refractivity contribution in [3.05, 3.63) is 23.8 Å². The first-order chi connectivity index (χ1) is 9.36. The van der Waals surface area contributed by atoms with E-state index >= 15 is 0 Å². The van der Waals surface area contributed by atoms with Crippen LogP contribution in [0.5, 0.6) is 0 Å². The number of aryl methyl sites for hydroxylation is 1. The van der Waals surface area contributed by atoms with Crippen LogP contribution in [0, 0.1) is 6.92 Å². The van der Waals surface area contributed by atoms with Crippen molar-refractivity contribution in [3.8, 4) is 0 Å². The van der Waals surface area contributed by atoms with Gasteiger partial charge < -0.3 is 10.6 Å². The Kier molecular flexibility index (Phi) is 4.36. The van der Waals surface area contributed by atoms with Crippen molar-refractivity contribution in [3.63, 3.8) is 0 Å². The molecular weight excluding hydrogens is 274 g/mol. The van der Waals surface area contributed by atoms with Gasteiger partial charge in [-0.25, -0.2) is 8.42 Å². The summed E-state index contributed by atoms with van der Waals surface area (Å²) >= 11 is 0. The van der Waals surface area contributed by atoms with Crippen molar-refractivity contribution >= 4 is 15.7 Å². The topological polar surface area (TPSA) is 66.6 Å². The Hall–Kier alpha value is -1.11. The predicted molar refractivity (Wildman–Crippen MR) is 81.1 cm³/mol. The number of hydrogen-bond acceptors (Lipinski definition) is 4. The van der Waals surface area contributed by atoms with E-state index in [9.17, 15) is 8.42 Å². The molecule has 0 radical (unpaired) electrons. The Morgan fingerprint density at radius 3 is 2.65 bits per heavy atom. The fourth-order valence-electron chi connectivity index (χ4n) is 2.62. The Morgan fingerprint density at radius 1 is 1.35 bits per heavy atom. The monoisotopic (exact) mass is 297 g/mol. The molecule has 2 rings (SSSR count). The molecule has 112 valence electrons. The lowest BCUT2D eigenvalue weighted by molar-refractivity contribution is 0.144. The summed E-state index contributed by atoms with van der Waals surface area (Å²) in [6, 6.07) is 5.38. The van der Waals surface area contributed by atoms with E-state index in [0.717, 1.165) is 18.5 Å². The van der Waals surface area contributed by atoms with Crippen LogP contribution in [-0.4, -0.2) is 50.3 Å². The summed E-state index contributed by atoms with van der Waals surface area (Å²) in [6.45, 7) is 5.78. The Bertz CT molecular complexity index is 586. The van der Waals surface area contributed by atoms with E-state index in [1.54, 1.807) is 22.5 Å². The van der Waals surface area contributed by atoms with Crippen LogP contribution in [0.2, 0.25) is 0 Å². The van der Waals surface area contributed by atoms with Crippen molar-refractivity contribution in [1.29, 1.82) is 0 Å².